The molecule has 1 radical (unpaired) electrons. The Bertz CT molecular complexity index is 386. The maximum Gasteiger partial charge on any atom is 3.00 e. The topological polar surface area (TPSA) is 98.7 Å². The summed E-state index contributed by atoms with van der Waals surface area (Å²) in [6.07, 6.45) is 13.9. The number of rotatable bonds is 18. The summed E-state index contributed by atoms with van der Waals surface area (Å²) in [6.45, 7) is 17.5. The molecule has 9 heteroatoms. The summed E-state index contributed by atoms with van der Waals surface area (Å²) in [7, 11) is -5.31. The zero-order chi connectivity index (χ0) is 25.2. The van der Waals surface area contributed by atoms with Crippen LogP contribution in [0.5, 0.6) is 0 Å². The van der Waals surface area contributed by atoms with Crippen LogP contribution in [0.4, 0.5) is 0 Å². The van der Waals surface area contributed by atoms with Crippen LogP contribution in [0.2, 0.25) is 0 Å². The molecule has 0 saturated carbocycles. The molecule has 0 amide bonds. The van der Waals surface area contributed by atoms with Crippen molar-refractivity contribution in [3.8, 4) is 0 Å². The zero-order valence-electron chi connectivity index (χ0n) is 22.2. The Kier molecular flexibility index (Phi) is 42.0. The third-order valence-electron chi connectivity index (χ3n) is 5.46. The summed E-state index contributed by atoms with van der Waals surface area (Å²) < 4.78 is 29.3. The Morgan fingerprint density at radius 1 is 0.667 bits per heavy atom. The van der Waals surface area contributed by atoms with Crippen LogP contribution in [0.1, 0.15) is 119 Å². The van der Waals surface area contributed by atoms with Crippen molar-refractivity contribution < 1.29 is 68.8 Å². The second-order valence-corrected chi connectivity index (χ2v) is 9.70. The minimum Gasteiger partial charge on any atom is -0.566 e. The molecule has 0 aliphatic heterocycles. The van der Waals surface area contributed by atoms with Gasteiger partial charge in [-0.2, -0.15) is 5.92 Å². The number of unbranched alkanes of at least 4 members (excludes halogenated alkanes) is 3. The fourth-order valence-electron chi connectivity index (χ4n) is 2.83. The predicted molar refractivity (Wildman–Crippen MR) is 132 cm³/mol. The van der Waals surface area contributed by atoms with E-state index in [4.69, 9.17) is 0 Å². The fourth-order valence-corrected chi connectivity index (χ4v) is 3.49. The van der Waals surface area contributed by atoms with Gasteiger partial charge in [0, 0.05) is 0 Å². The number of hydrogen-bond acceptors (Lipinski definition) is 6. The van der Waals surface area contributed by atoms with Gasteiger partial charge >= 0.3 is 57.3 Å². The molecule has 5 atom stereocenters. The summed E-state index contributed by atoms with van der Waals surface area (Å²) >= 11 is 0. The molecule has 5 unspecified atom stereocenters. The normalized spacial score (nSPS) is 13.8. The smallest absolute Gasteiger partial charge is 0.566 e. The van der Waals surface area contributed by atoms with Crippen LogP contribution < -0.4 is 9.79 Å². The minimum absolute atomic E-state index is 0. The van der Waals surface area contributed by atoms with Crippen LogP contribution in [0.3, 0.4) is 0 Å². The van der Waals surface area contributed by atoms with Crippen molar-refractivity contribution in [2.24, 2.45) is 17.8 Å². The van der Waals surface area contributed by atoms with Gasteiger partial charge in [0.05, 0.1) is 0 Å². The second kappa shape index (κ2) is 33.4. The molecule has 0 spiro atoms. The van der Waals surface area contributed by atoms with Gasteiger partial charge < -0.3 is 16.7 Å². The molecule has 0 heterocycles. The minimum atomic E-state index is -2.65. The molecule has 0 rings (SSSR count). The van der Waals surface area contributed by atoms with Gasteiger partial charge in [-0.3, -0.25) is 0 Å². The zero-order valence-corrected chi connectivity index (χ0v) is 27.2. The van der Waals surface area contributed by atoms with Crippen molar-refractivity contribution in [2.75, 3.05) is 13.2 Å². The maximum atomic E-state index is 10.1. The van der Waals surface area contributed by atoms with Crippen LogP contribution in [0, 0.1) is 65.5 Å². The summed E-state index contributed by atoms with van der Waals surface area (Å²) in [5.41, 5.74) is 0. The summed E-state index contributed by atoms with van der Waals surface area (Å²) in [4.78, 5) is 20.2. The van der Waals surface area contributed by atoms with Crippen LogP contribution >= 0.6 is 16.5 Å². The molecule has 195 valence electrons. The summed E-state index contributed by atoms with van der Waals surface area (Å²) in [6, 6.07) is 0. The molecule has 0 aliphatic carbocycles. The van der Waals surface area contributed by atoms with E-state index in [1.54, 1.807) is 0 Å². The van der Waals surface area contributed by atoms with Crippen LogP contribution in [0.25, 0.3) is 0 Å². The Balaban J connectivity index is -0.000000193. The van der Waals surface area contributed by atoms with Gasteiger partial charge in [0.15, 0.2) is 0 Å². The SMILES string of the molecule is CCCCC(CC)CO[P+](=O)[O-].CCCCC(CC)CO[P+](=O)[O-].[CH2-]C(CC)CCCC.[Nd+3]. The first-order valence-corrected chi connectivity index (χ1v) is 14.8. The average Bonchev–Trinajstić information content (AvgIpc) is 2.78. The molecule has 0 saturated heterocycles. The quantitative estimate of drug-likeness (QED) is 0.113. The van der Waals surface area contributed by atoms with E-state index in [9.17, 15) is 18.9 Å². The van der Waals surface area contributed by atoms with E-state index < -0.39 is 16.5 Å². The second-order valence-electron chi connectivity index (χ2n) is 8.29. The van der Waals surface area contributed by atoms with Gasteiger partial charge in [-0.25, -0.2) is 0 Å². The van der Waals surface area contributed by atoms with Crippen molar-refractivity contribution in [1.29, 1.82) is 0 Å². The number of hydrogen-bond donors (Lipinski definition) is 0. The van der Waals surface area contributed by atoms with E-state index in [0.29, 0.717) is 31.0 Å². The largest absolute Gasteiger partial charge is 3.00 e. The van der Waals surface area contributed by atoms with E-state index in [-0.39, 0.29) is 40.8 Å². The third-order valence-corrected chi connectivity index (χ3v) is 6.18. The van der Waals surface area contributed by atoms with Crippen molar-refractivity contribution in [1.82, 2.24) is 0 Å². The van der Waals surface area contributed by atoms with Crippen LogP contribution in [-0.2, 0) is 18.2 Å². The Labute approximate surface area is 240 Å². The van der Waals surface area contributed by atoms with Crippen molar-refractivity contribution >= 4 is 16.5 Å². The molecule has 0 N–H and O–H groups in total. The van der Waals surface area contributed by atoms with E-state index in [0.717, 1.165) is 51.4 Å². The molecule has 0 bridgehead atoms. The third kappa shape index (κ3) is 38.1. The van der Waals surface area contributed by atoms with Crippen molar-refractivity contribution in [2.45, 2.75) is 119 Å². The maximum absolute atomic E-state index is 10.1. The van der Waals surface area contributed by atoms with E-state index >= 15 is 0 Å². The van der Waals surface area contributed by atoms with E-state index in [1.165, 1.54) is 25.7 Å². The summed E-state index contributed by atoms with van der Waals surface area (Å²) in [5, 5.41) is 0. The first-order chi connectivity index (χ1) is 15.2. The Hall–Kier alpha value is 1.39. The molecule has 0 aliphatic rings. The van der Waals surface area contributed by atoms with E-state index in [1.807, 2.05) is 0 Å². The molecule has 33 heavy (non-hydrogen) atoms. The standard InChI is InChI=1S/2C8H17O3P.C8H17.Nd/c2*1-3-5-6-8(4-2)7-11-12(9)10;1-4-6-7-8(3)5-2;/h2*8H,3-7H2,1-2H3;8H,3-7H2,1-2H3;/q;;-1;+3. The molecule has 6 nitrogen and oxygen atoms in total. The van der Waals surface area contributed by atoms with E-state index in [2.05, 4.69) is 57.5 Å². The van der Waals surface area contributed by atoms with Crippen LogP contribution in [-0.4, -0.2) is 13.2 Å². The van der Waals surface area contributed by atoms with Gasteiger partial charge in [0.1, 0.15) is 13.2 Å². The predicted octanol–water partition coefficient (Wildman–Crippen LogP) is 7.51. The van der Waals surface area contributed by atoms with Crippen molar-refractivity contribution in [3.05, 3.63) is 6.92 Å². The molecule has 0 fully saturated rings. The van der Waals surface area contributed by atoms with Gasteiger partial charge in [-0.1, -0.05) is 106 Å². The Morgan fingerprint density at radius 3 is 1.24 bits per heavy atom. The van der Waals surface area contributed by atoms with Gasteiger partial charge in [0.2, 0.25) is 0 Å². The van der Waals surface area contributed by atoms with Crippen molar-refractivity contribution in [3.63, 3.8) is 0 Å². The summed E-state index contributed by atoms with van der Waals surface area (Å²) in [5.74, 6) is 1.51. The monoisotopic (exact) mass is 639 g/mol. The molecular weight excluding hydrogens is 590 g/mol. The van der Waals surface area contributed by atoms with Gasteiger partial charge in [-0.05, 0) is 33.8 Å². The fraction of sp³-hybridized carbons (Fsp3) is 0.958. The first-order valence-electron chi connectivity index (χ1n) is 12.6. The van der Waals surface area contributed by atoms with Gasteiger partial charge in [0.25, 0.3) is 0 Å². The Morgan fingerprint density at radius 2 is 1.00 bits per heavy atom. The molecular formula is C24H51NdO6P2+2. The molecule has 0 aromatic rings. The molecule has 0 aromatic heterocycles. The average molecular weight is 642 g/mol. The first kappa shape index (κ1) is 41.5. The van der Waals surface area contributed by atoms with Gasteiger partial charge in [-0.15, -0.1) is 9.05 Å². The molecule has 0 aromatic carbocycles. The van der Waals surface area contributed by atoms with Crippen LogP contribution in [0.15, 0.2) is 0 Å².